The summed E-state index contributed by atoms with van der Waals surface area (Å²) in [4.78, 5) is 29.4. The van der Waals surface area contributed by atoms with E-state index in [2.05, 4.69) is 0 Å². The Kier molecular flexibility index (Phi) is 6.58. The number of piperidine rings is 1. The molecule has 0 atom stereocenters. The Morgan fingerprint density at radius 3 is 2.56 bits per heavy atom. The van der Waals surface area contributed by atoms with E-state index in [0.29, 0.717) is 62.8 Å². The molecule has 2 saturated heterocycles. The minimum atomic E-state index is -0.315. The average molecular weight is 467 g/mol. The highest BCUT2D eigenvalue weighted by Crippen LogP contribution is 2.33. The van der Waals surface area contributed by atoms with Gasteiger partial charge in [0.2, 0.25) is 0 Å². The first-order valence-corrected chi connectivity index (χ1v) is 11.9. The van der Waals surface area contributed by atoms with Crippen molar-refractivity contribution < 1.29 is 28.5 Å². The molecule has 0 aliphatic carbocycles. The van der Waals surface area contributed by atoms with E-state index in [9.17, 15) is 9.59 Å². The molecule has 0 unspecified atom stereocenters. The van der Waals surface area contributed by atoms with E-state index in [1.54, 1.807) is 24.1 Å². The fourth-order valence-corrected chi connectivity index (χ4v) is 4.93. The maximum absolute atomic E-state index is 13.3. The van der Waals surface area contributed by atoms with Crippen molar-refractivity contribution in [3.05, 3.63) is 53.6 Å². The van der Waals surface area contributed by atoms with Gasteiger partial charge in [-0.3, -0.25) is 9.69 Å². The van der Waals surface area contributed by atoms with Gasteiger partial charge in [0.1, 0.15) is 24.2 Å². The zero-order valence-electron chi connectivity index (χ0n) is 19.4. The van der Waals surface area contributed by atoms with E-state index in [4.69, 9.17) is 18.9 Å². The topological polar surface area (TPSA) is 77.5 Å². The van der Waals surface area contributed by atoms with Crippen LogP contribution < -0.4 is 14.4 Å². The van der Waals surface area contributed by atoms with Gasteiger partial charge < -0.3 is 23.8 Å². The number of carbonyl (C=O) groups excluding carboxylic acids is 2. The van der Waals surface area contributed by atoms with Gasteiger partial charge in [0.25, 0.3) is 5.91 Å². The lowest BCUT2D eigenvalue weighted by Gasteiger charge is -2.40. The Labute approximate surface area is 199 Å². The fourth-order valence-electron chi connectivity index (χ4n) is 4.93. The summed E-state index contributed by atoms with van der Waals surface area (Å²) in [5.74, 6) is 1.13. The normalized spacial score (nSPS) is 19.4. The minimum Gasteiger partial charge on any atom is -0.496 e. The van der Waals surface area contributed by atoms with Crippen molar-refractivity contribution in [3.8, 4) is 11.5 Å². The Balaban J connectivity index is 1.25. The van der Waals surface area contributed by atoms with Crippen molar-refractivity contribution >= 4 is 17.7 Å². The summed E-state index contributed by atoms with van der Waals surface area (Å²) in [6, 6.07) is 13.2. The average Bonchev–Trinajstić information content (AvgIpc) is 2.89. The summed E-state index contributed by atoms with van der Waals surface area (Å²) in [6.07, 6.45) is 2.88. The van der Waals surface area contributed by atoms with E-state index in [1.807, 2.05) is 35.2 Å². The molecule has 180 valence electrons. The van der Waals surface area contributed by atoms with Crippen LogP contribution in [0, 0.1) is 0 Å². The molecule has 8 heteroatoms. The van der Waals surface area contributed by atoms with Crippen LogP contribution >= 0.6 is 0 Å². The highest BCUT2D eigenvalue weighted by molar-refractivity contribution is 5.97. The fraction of sp³-hybridized carbons (Fsp3) is 0.462. The number of hydrogen-bond acceptors (Lipinski definition) is 6. The Morgan fingerprint density at radius 1 is 1.03 bits per heavy atom. The molecule has 8 nitrogen and oxygen atoms in total. The first kappa shape index (κ1) is 22.5. The molecule has 0 spiro atoms. The summed E-state index contributed by atoms with van der Waals surface area (Å²) < 4.78 is 22.4. The molecule has 2 amide bonds. The molecule has 3 aliphatic heterocycles. The second kappa shape index (κ2) is 9.93. The third kappa shape index (κ3) is 4.55. The lowest BCUT2D eigenvalue weighted by molar-refractivity contribution is 0.0255. The van der Waals surface area contributed by atoms with Crippen LogP contribution in [0.3, 0.4) is 0 Å². The van der Waals surface area contributed by atoms with Gasteiger partial charge in [0, 0.05) is 43.6 Å². The number of benzene rings is 2. The number of likely N-dealkylation sites (tertiary alicyclic amines) is 1. The third-order valence-electron chi connectivity index (χ3n) is 6.79. The van der Waals surface area contributed by atoms with Gasteiger partial charge in [-0.25, -0.2) is 4.79 Å². The van der Waals surface area contributed by atoms with Crippen LogP contribution in [0.2, 0.25) is 0 Å². The number of ether oxygens (including phenoxy) is 4. The molecular weight excluding hydrogens is 436 g/mol. The van der Waals surface area contributed by atoms with Crippen LogP contribution in [0.5, 0.6) is 11.5 Å². The smallest absolute Gasteiger partial charge is 0.414 e. The van der Waals surface area contributed by atoms with Crippen LogP contribution in [0.15, 0.2) is 42.5 Å². The second-order valence-electron chi connectivity index (χ2n) is 8.87. The largest absolute Gasteiger partial charge is 0.496 e. The van der Waals surface area contributed by atoms with Crippen molar-refractivity contribution in [2.24, 2.45) is 0 Å². The molecule has 34 heavy (non-hydrogen) atoms. The van der Waals surface area contributed by atoms with Crippen LogP contribution in [-0.4, -0.2) is 62.5 Å². The van der Waals surface area contributed by atoms with Gasteiger partial charge in [-0.1, -0.05) is 18.2 Å². The van der Waals surface area contributed by atoms with Crippen molar-refractivity contribution in [1.82, 2.24) is 4.90 Å². The van der Waals surface area contributed by atoms with Gasteiger partial charge in [-0.15, -0.1) is 0 Å². The minimum absolute atomic E-state index is 0.00450. The molecule has 5 rings (SSSR count). The summed E-state index contributed by atoms with van der Waals surface area (Å²) in [7, 11) is 1.57. The Bertz CT molecular complexity index is 1040. The van der Waals surface area contributed by atoms with E-state index in [1.165, 1.54) is 0 Å². The summed E-state index contributed by atoms with van der Waals surface area (Å²) in [5.41, 5.74) is 2.43. The second-order valence-corrected chi connectivity index (χ2v) is 8.87. The molecule has 0 saturated carbocycles. The Morgan fingerprint density at radius 2 is 1.79 bits per heavy atom. The predicted octanol–water partition coefficient (Wildman–Crippen LogP) is 4.01. The van der Waals surface area contributed by atoms with Crippen molar-refractivity contribution in [2.45, 2.75) is 44.4 Å². The van der Waals surface area contributed by atoms with E-state index in [0.717, 1.165) is 24.1 Å². The van der Waals surface area contributed by atoms with Gasteiger partial charge in [-0.2, -0.15) is 0 Å². The zero-order valence-corrected chi connectivity index (χ0v) is 19.4. The highest BCUT2D eigenvalue weighted by Gasteiger charge is 2.35. The third-order valence-corrected chi connectivity index (χ3v) is 6.79. The molecule has 0 radical (unpaired) electrons. The molecule has 2 aromatic rings. The quantitative estimate of drug-likeness (QED) is 0.663. The number of carbonyl (C=O) groups is 2. The zero-order chi connectivity index (χ0) is 23.5. The van der Waals surface area contributed by atoms with E-state index >= 15 is 0 Å². The number of methoxy groups -OCH3 is 1. The lowest BCUT2D eigenvalue weighted by atomic mass is 10.00. The number of para-hydroxylation sites is 1. The van der Waals surface area contributed by atoms with Gasteiger partial charge in [-0.05, 0) is 31.0 Å². The standard InChI is InChI=1S/C26H30N2O6/c1-31-24-16-21(34-20-10-14-32-15-11-20)6-7-22(24)25(29)27-12-8-19(9-13-27)28-23-5-3-2-4-18(23)17-33-26(28)30/h2-7,16,19-20H,8-15,17H2,1H3. The predicted molar refractivity (Wildman–Crippen MR) is 125 cm³/mol. The van der Waals surface area contributed by atoms with Gasteiger partial charge in [0.05, 0.1) is 31.6 Å². The first-order chi connectivity index (χ1) is 16.6. The summed E-state index contributed by atoms with van der Waals surface area (Å²) in [5, 5.41) is 0. The number of fused-ring (bicyclic) bond motifs is 1. The molecule has 2 aromatic carbocycles. The number of cyclic esters (lactones) is 1. The number of nitrogens with zero attached hydrogens (tertiary/aromatic N) is 2. The van der Waals surface area contributed by atoms with Crippen LogP contribution in [0.25, 0.3) is 0 Å². The molecule has 3 aliphatic rings. The first-order valence-electron chi connectivity index (χ1n) is 11.9. The van der Waals surface area contributed by atoms with Gasteiger partial charge in [0.15, 0.2) is 0 Å². The van der Waals surface area contributed by atoms with Crippen LogP contribution in [0.4, 0.5) is 10.5 Å². The Hall–Kier alpha value is -3.26. The highest BCUT2D eigenvalue weighted by atomic mass is 16.6. The van der Waals surface area contributed by atoms with Gasteiger partial charge >= 0.3 is 6.09 Å². The number of rotatable bonds is 5. The van der Waals surface area contributed by atoms with Crippen molar-refractivity contribution in [2.75, 3.05) is 38.3 Å². The molecule has 0 aromatic heterocycles. The molecule has 0 bridgehead atoms. The molecule has 2 fully saturated rings. The molecular formula is C26H30N2O6. The van der Waals surface area contributed by atoms with Crippen molar-refractivity contribution in [3.63, 3.8) is 0 Å². The number of anilines is 1. The van der Waals surface area contributed by atoms with Crippen molar-refractivity contribution in [1.29, 1.82) is 0 Å². The number of amides is 2. The SMILES string of the molecule is COc1cc(OC2CCOCC2)ccc1C(=O)N1CCC(N2C(=O)OCc3ccccc32)CC1. The monoisotopic (exact) mass is 466 g/mol. The van der Waals surface area contributed by atoms with E-state index in [-0.39, 0.29) is 24.1 Å². The molecule has 0 N–H and O–H groups in total. The van der Waals surface area contributed by atoms with Crippen LogP contribution in [-0.2, 0) is 16.1 Å². The summed E-state index contributed by atoms with van der Waals surface area (Å²) >= 11 is 0. The lowest BCUT2D eigenvalue weighted by Crippen LogP contribution is -2.50. The maximum Gasteiger partial charge on any atom is 0.414 e. The van der Waals surface area contributed by atoms with E-state index < -0.39 is 0 Å². The van der Waals surface area contributed by atoms with Crippen LogP contribution in [0.1, 0.15) is 41.6 Å². The molecule has 3 heterocycles. The summed E-state index contributed by atoms with van der Waals surface area (Å²) in [6.45, 7) is 2.82. The maximum atomic E-state index is 13.3. The number of hydrogen-bond donors (Lipinski definition) is 0.